The number of nitrogens with one attached hydrogen (secondary N) is 1. The second-order valence-corrected chi connectivity index (χ2v) is 8.13. The lowest BCUT2D eigenvalue weighted by molar-refractivity contribution is 0.173. The predicted octanol–water partition coefficient (Wildman–Crippen LogP) is 6.03. The third-order valence-corrected chi connectivity index (χ3v) is 5.25. The first kappa shape index (κ1) is 15.9. The van der Waals surface area contributed by atoms with Gasteiger partial charge in [0.05, 0.1) is 0 Å². The van der Waals surface area contributed by atoms with Crippen LogP contribution in [0.5, 0.6) is 0 Å². The summed E-state index contributed by atoms with van der Waals surface area (Å²) in [7, 11) is 0. The van der Waals surface area contributed by atoms with Gasteiger partial charge >= 0.3 is 0 Å². The summed E-state index contributed by atoms with van der Waals surface area (Å²) in [5.41, 5.74) is 3.21. The molecule has 1 fully saturated rings. The summed E-state index contributed by atoms with van der Waals surface area (Å²) in [6, 6.07) is 7.25. The van der Waals surface area contributed by atoms with Crippen LogP contribution in [0.15, 0.2) is 22.7 Å². The van der Waals surface area contributed by atoms with Crippen LogP contribution in [0.3, 0.4) is 0 Å². The molecule has 1 nitrogen and oxygen atoms in total. The Kier molecular flexibility index (Phi) is 5.17. The first-order chi connectivity index (χ1) is 9.40. The van der Waals surface area contributed by atoms with Crippen LogP contribution in [-0.2, 0) is 6.42 Å². The van der Waals surface area contributed by atoms with Crippen LogP contribution in [0.2, 0.25) is 0 Å². The van der Waals surface area contributed by atoms with Gasteiger partial charge in [-0.25, -0.2) is 0 Å². The van der Waals surface area contributed by atoms with Crippen molar-refractivity contribution < 1.29 is 0 Å². The minimum Gasteiger partial charge on any atom is -0.382 e. The summed E-state index contributed by atoms with van der Waals surface area (Å²) >= 11 is 3.56. The SMILES string of the molecule is CCc1cc(Br)ccc1NC1CCC(C(C)(C)C)CC1. The highest BCUT2D eigenvalue weighted by molar-refractivity contribution is 9.10. The molecule has 0 bridgehead atoms. The molecule has 0 spiro atoms. The number of aryl methyl sites for hydroxylation is 1. The van der Waals surface area contributed by atoms with Crippen molar-refractivity contribution in [3.05, 3.63) is 28.2 Å². The van der Waals surface area contributed by atoms with Gasteiger partial charge in [0.1, 0.15) is 0 Å². The van der Waals surface area contributed by atoms with E-state index >= 15 is 0 Å². The van der Waals surface area contributed by atoms with Gasteiger partial charge in [-0.3, -0.25) is 0 Å². The molecule has 0 saturated heterocycles. The van der Waals surface area contributed by atoms with E-state index in [-0.39, 0.29) is 0 Å². The molecule has 0 aromatic heterocycles. The van der Waals surface area contributed by atoms with Crippen molar-refractivity contribution in [2.75, 3.05) is 5.32 Å². The maximum atomic E-state index is 3.78. The third-order valence-electron chi connectivity index (χ3n) is 4.76. The zero-order valence-corrected chi connectivity index (χ0v) is 14.9. The van der Waals surface area contributed by atoms with Gasteiger partial charge in [-0.15, -0.1) is 0 Å². The maximum absolute atomic E-state index is 3.78. The number of halogens is 1. The molecule has 0 amide bonds. The lowest BCUT2D eigenvalue weighted by atomic mass is 9.71. The molecule has 0 radical (unpaired) electrons. The fourth-order valence-corrected chi connectivity index (χ4v) is 3.73. The van der Waals surface area contributed by atoms with E-state index in [1.54, 1.807) is 0 Å². The maximum Gasteiger partial charge on any atom is 0.0375 e. The lowest BCUT2D eigenvalue weighted by Crippen LogP contribution is -2.31. The van der Waals surface area contributed by atoms with Crippen LogP contribution in [0.1, 0.15) is 58.9 Å². The van der Waals surface area contributed by atoms with E-state index in [9.17, 15) is 0 Å². The van der Waals surface area contributed by atoms with Crippen molar-refractivity contribution in [1.29, 1.82) is 0 Å². The average Bonchev–Trinajstić information content (AvgIpc) is 2.40. The molecule has 1 aromatic carbocycles. The largest absolute Gasteiger partial charge is 0.382 e. The lowest BCUT2D eigenvalue weighted by Gasteiger charge is -2.37. The second-order valence-electron chi connectivity index (χ2n) is 7.21. The monoisotopic (exact) mass is 337 g/mol. The minimum atomic E-state index is 0.469. The van der Waals surface area contributed by atoms with Crippen LogP contribution < -0.4 is 5.32 Å². The zero-order chi connectivity index (χ0) is 14.8. The van der Waals surface area contributed by atoms with E-state index in [1.165, 1.54) is 41.4 Å². The highest BCUT2D eigenvalue weighted by atomic mass is 79.9. The van der Waals surface area contributed by atoms with Crippen LogP contribution in [0.4, 0.5) is 5.69 Å². The summed E-state index contributed by atoms with van der Waals surface area (Å²) in [6.45, 7) is 9.38. The number of hydrogen-bond acceptors (Lipinski definition) is 1. The summed E-state index contributed by atoms with van der Waals surface area (Å²) in [6.07, 6.45) is 6.42. The summed E-state index contributed by atoms with van der Waals surface area (Å²) in [4.78, 5) is 0. The predicted molar refractivity (Wildman–Crippen MR) is 92.3 cm³/mol. The average molecular weight is 338 g/mol. The Morgan fingerprint density at radius 1 is 1.15 bits per heavy atom. The fourth-order valence-electron chi connectivity index (χ4n) is 3.32. The van der Waals surface area contributed by atoms with E-state index in [0.29, 0.717) is 11.5 Å². The Morgan fingerprint density at radius 3 is 2.35 bits per heavy atom. The Labute approximate surface area is 132 Å². The first-order valence-corrected chi connectivity index (χ1v) is 8.74. The number of anilines is 1. The van der Waals surface area contributed by atoms with E-state index in [0.717, 1.165) is 12.3 Å². The van der Waals surface area contributed by atoms with Gasteiger partial charge in [-0.1, -0.05) is 43.6 Å². The van der Waals surface area contributed by atoms with E-state index < -0.39 is 0 Å². The number of rotatable bonds is 3. The Hall–Kier alpha value is -0.500. The number of benzene rings is 1. The van der Waals surface area contributed by atoms with Crippen LogP contribution >= 0.6 is 15.9 Å². The highest BCUT2D eigenvalue weighted by Crippen LogP contribution is 2.38. The molecular weight excluding hydrogens is 310 g/mol. The summed E-state index contributed by atoms with van der Waals surface area (Å²) < 4.78 is 1.18. The van der Waals surface area contributed by atoms with Crippen LogP contribution in [-0.4, -0.2) is 6.04 Å². The topological polar surface area (TPSA) is 12.0 Å². The van der Waals surface area contributed by atoms with E-state index in [1.807, 2.05) is 0 Å². The van der Waals surface area contributed by atoms with Crippen LogP contribution in [0, 0.1) is 11.3 Å². The van der Waals surface area contributed by atoms with Crippen molar-refractivity contribution >= 4 is 21.6 Å². The Bertz CT molecular complexity index is 439. The molecule has 112 valence electrons. The van der Waals surface area contributed by atoms with Crippen molar-refractivity contribution in [2.45, 2.75) is 65.8 Å². The van der Waals surface area contributed by atoms with Crippen molar-refractivity contribution in [2.24, 2.45) is 11.3 Å². The first-order valence-electron chi connectivity index (χ1n) is 7.95. The molecule has 1 aromatic rings. The van der Waals surface area contributed by atoms with Gasteiger partial charge in [0.2, 0.25) is 0 Å². The van der Waals surface area contributed by atoms with Gasteiger partial charge in [0.15, 0.2) is 0 Å². The van der Waals surface area contributed by atoms with Crippen molar-refractivity contribution in [3.63, 3.8) is 0 Å². The molecule has 0 unspecified atom stereocenters. The molecule has 20 heavy (non-hydrogen) atoms. The molecule has 1 N–H and O–H groups in total. The normalized spacial score (nSPS) is 23.6. The van der Waals surface area contributed by atoms with Gasteiger partial charge in [0.25, 0.3) is 0 Å². The van der Waals surface area contributed by atoms with Crippen molar-refractivity contribution in [3.8, 4) is 0 Å². The molecule has 0 heterocycles. The number of hydrogen-bond donors (Lipinski definition) is 1. The van der Waals surface area contributed by atoms with E-state index in [2.05, 4.69) is 67.1 Å². The zero-order valence-electron chi connectivity index (χ0n) is 13.3. The molecule has 1 saturated carbocycles. The molecule has 2 rings (SSSR count). The third kappa shape index (κ3) is 4.00. The summed E-state index contributed by atoms with van der Waals surface area (Å²) in [5.74, 6) is 0.885. The van der Waals surface area contributed by atoms with Gasteiger partial charge < -0.3 is 5.32 Å². The van der Waals surface area contributed by atoms with Gasteiger partial charge in [-0.2, -0.15) is 0 Å². The van der Waals surface area contributed by atoms with Gasteiger partial charge in [-0.05, 0) is 67.2 Å². The van der Waals surface area contributed by atoms with Gasteiger partial charge in [0, 0.05) is 16.2 Å². The molecule has 2 heteroatoms. The standard InChI is InChI=1S/C18H28BrN/c1-5-13-12-15(19)8-11-17(13)20-16-9-6-14(7-10-16)18(2,3)4/h8,11-12,14,16,20H,5-7,9-10H2,1-4H3. The smallest absolute Gasteiger partial charge is 0.0375 e. The Morgan fingerprint density at radius 2 is 1.80 bits per heavy atom. The molecular formula is C18H28BrN. The minimum absolute atomic E-state index is 0.469. The van der Waals surface area contributed by atoms with Crippen LogP contribution in [0.25, 0.3) is 0 Å². The molecule has 0 aliphatic heterocycles. The highest BCUT2D eigenvalue weighted by Gasteiger charge is 2.29. The quantitative estimate of drug-likeness (QED) is 0.710. The molecule has 0 atom stereocenters. The summed E-state index contributed by atoms with van der Waals surface area (Å²) in [5, 5.41) is 3.78. The second kappa shape index (κ2) is 6.51. The molecule has 1 aliphatic rings. The fraction of sp³-hybridized carbons (Fsp3) is 0.667. The molecule has 1 aliphatic carbocycles. The van der Waals surface area contributed by atoms with Crippen molar-refractivity contribution in [1.82, 2.24) is 0 Å². The van der Waals surface area contributed by atoms with E-state index in [4.69, 9.17) is 0 Å². The Balaban J connectivity index is 1.96.